The number of hydrogen-bond acceptors (Lipinski definition) is 7. The molecule has 0 saturated carbocycles. The first kappa shape index (κ1) is 20.5. The van der Waals surface area contributed by atoms with Crippen LogP contribution in [0.15, 0.2) is 53.5 Å². The molecule has 0 bridgehead atoms. The van der Waals surface area contributed by atoms with Crippen molar-refractivity contribution in [2.24, 2.45) is 0 Å². The van der Waals surface area contributed by atoms with Gasteiger partial charge in [0.05, 0.1) is 11.4 Å². The van der Waals surface area contributed by atoms with Gasteiger partial charge in [-0.1, -0.05) is 0 Å². The molecule has 2 aromatic heterocycles. The maximum absolute atomic E-state index is 13.4. The zero-order valence-electron chi connectivity index (χ0n) is 17.3. The topological polar surface area (TPSA) is 97.6 Å². The molecule has 8 nitrogen and oxygen atoms in total. The second-order valence-corrected chi connectivity index (χ2v) is 8.08. The number of oxazole rings is 1. The van der Waals surface area contributed by atoms with E-state index >= 15 is 0 Å². The molecule has 3 aromatic rings. The Morgan fingerprint density at radius 3 is 2.61 bits per heavy atom. The number of aromatic nitrogens is 2. The Hall–Kier alpha value is -3.75. The molecule has 31 heavy (non-hydrogen) atoms. The van der Waals surface area contributed by atoms with E-state index in [4.69, 9.17) is 9.15 Å². The highest BCUT2D eigenvalue weighted by molar-refractivity contribution is 6.01. The molecule has 1 amide bonds. The number of carbonyl (C=O) groups excluding carboxylic acids is 2. The summed E-state index contributed by atoms with van der Waals surface area (Å²) in [5.74, 6) is -1.38. The lowest BCUT2D eigenvalue weighted by molar-refractivity contribution is -0.156. The van der Waals surface area contributed by atoms with Crippen molar-refractivity contribution in [2.45, 2.75) is 32.5 Å². The highest BCUT2D eigenvalue weighted by Gasteiger charge is 2.37. The van der Waals surface area contributed by atoms with Gasteiger partial charge in [0.1, 0.15) is 36.1 Å². The van der Waals surface area contributed by atoms with Gasteiger partial charge >= 0.3 is 5.97 Å². The number of esters is 1. The molecule has 1 N–H and O–H groups in total. The summed E-state index contributed by atoms with van der Waals surface area (Å²) in [5, 5.41) is 3.19. The summed E-state index contributed by atoms with van der Waals surface area (Å²) >= 11 is 0. The number of halogens is 1. The predicted octanol–water partition coefficient (Wildman–Crippen LogP) is 3.78. The smallest absolute Gasteiger partial charge is 0.326 e. The summed E-state index contributed by atoms with van der Waals surface area (Å²) in [6.45, 7) is 4.95. The largest absolute Gasteiger partial charge is 0.459 e. The summed E-state index contributed by atoms with van der Waals surface area (Å²) in [5.41, 5.74) is 1.54. The van der Waals surface area contributed by atoms with Crippen molar-refractivity contribution in [1.82, 2.24) is 14.9 Å². The van der Waals surface area contributed by atoms with Crippen molar-refractivity contribution < 1.29 is 23.1 Å². The SMILES string of the molecule is CC(C)(C)OC(=O)CN1C(=O)c2nc(-c3ccc(F)cc3)ccc2NC1c1cocn1. The van der Waals surface area contributed by atoms with E-state index in [0.29, 0.717) is 22.6 Å². The summed E-state index contributed by atoms with van der Waals surface area (Å²) in [6.07, 6.45) is 1.92. The van der Waals surface area contributed by atoms with E-state index in [1.54, 1.807) is 45.0 Å². The van der Waals surface area contributed by atoms with Crippen molar-refractivity contribution >= 4 is 17.6 Å². The van der Waals surface area contributed by atoms with E-state index in [1.807, 2.05) is 0 Å². The van der Waals surface area contributed by atoms with Crippen LogP contribution in [0.5, 0.6) is 0 Å². The molecule has 0 saturated heterocycles. The van der Waals surface area contributed by atoms with Gasteiger partial charge < -0.3 is 19.4 Å². The number of rotatable bonds is 4. The van der Waals surface area contributed by atoms with E-state index in [-0.39, 0.29) is 18.1 Å². The van der Waals surface area contributed by atoms with Crippen LogP contribution >= 0.6 is 0 Å². The zero-order chi connectivity index (χ0) is 22.2. The van der Waals surface area contributed by atoms with Gasteiger partial charge in [-0.3, -0.25) is 9.59 Å². The van der Waals surface area contributed by atoms with Crippen LogP contribution in [0.1, 0.15) is 43.1 Å². The predicted molar refractivity (Wildman–Crippen MR) is 109 cm³/mol. The Morgan fingerprint density at radius 1 is 1.23 bits per heavy atom. The van der Waals surface area contributed by atoms with E-state index in [2.05, 4.69) is 15.3 Å². The minimum atomic E-state index is -0.732. The quantitative estimate of drug-likeness (QED) is 0.637. The lowest BCUT2D eigenvalue weighted by Gasteiger charge is -2.36. The van der Waals surface area contributed by atoms with Gasteiger partial charge in [-0.2, -0.15) is 0 Å². The third-order valence-corrected chi connectivity index (χ3v) is 4.55. The first-order chi connectivity index (χ1) is 14.7. The Balaban J connectivity index is 1.69. The average Bonchev–Trinajstić information content (AvgIpc) is 3.23. The lowest BCUT2D eigenvalue weighted by atomic mass is 10.1. The maximum Gasteiger partial charge on any atom is 0.326 e. The van der Waals surface area contributed by atoms with Gasteiger partial charge in [0, 0.05) is 5.56 Å². The molecule has 1 aliphatic heterocycles. The van der Waals surface area contributed by atoms with Crippen LogP contribution in [0.25, 0.3) is 11.3 Å². The molecule has 0 fully saturated rings. The van der Waals surface area contributed by atoms with Crippen molar-refractivity contribution in [3.05, 3.63) is 66.3 Å². The van der Waals surface area contributed by atoms with Crippen LogP contribution in [-0.2, 0) is 9.53 Å². The van der Waals surface area contributed by atoms with Crippen LogP contribution in [0.2, 0.25) is 0 Å². The van der Waals surface area contributed by atoms with Gasteiger partial charge in [-0.15, -0.1) is 0 Å². The van der Waals surface area contributed by atoms with Crippen LogP contribution in [0, 0.1) is 5.82 Å². The summed E-state index contributed by atoms with van der Waals surface area (Å²) in [6, 6.07) is 9.27. The number of ether oxygens (including phenoxy) is 1. The minimum absolute atomic E-state index is 0.144. The molecule has 0 spiro atoms. The Bertz CT molecular complexity index is 1110. The molecule has 1 aliphatic rings. The van der Waals surface area contributed by atoms with E-state index in [1.165, 1.54) is 29.7 Å². The summed E-state index contributed by atoms with van der Waals surface area (Å²) in [4.78, 5) is 35.7. The molecule has 1 atom stereocenters. The van der Waals surface area contributed by atoms with E-state index in [9.17, 15) is 14.0 Å². The van der Waals surface area contributed by atoms with E-state index < -0.39 is 23.6 Å². The van der Waals surface area contributed by atoms with Crippen LogP contribution in [0.3, 0.4) is 0 Å². The molecule has 4 rings (SSSR count). The van der Waals surface area contributed by atoms with Crippen LogP contribution < -0.4 is 5.32 Å². The fraction of sp³-hybridized carbons (Fsp3) is 0.273. The molecular weight excluding hydrogens is 403 g/mol. The fourth-order valence-corrected chi connectivity index (χ4v) is 3.27. The molecule has 9 heteroatoms. The Labute approximate surface area is 178 Å². The third kappa shape index (κ3) is 4.40. The van der Waals surface area contributed by atoms with Crippen LogP contribution in [0.4, 0.5) is 10.1 Å². The highest BCUT2D eigenvalue weighted by atomic mass is 19.1. The molecule has 3 heterocycles. The summed E-state index contributed by atoms with van der Waals surface area (Å²) < 4.78 is 23.7. The Morgan fingerprint density at radius 2 is 1.97 bits per heavy atom. The monoisotopic (exact) mass is 424 g/mol. The van der Waals surface area contributed by atoms with Crippen molar-refractivity contribution in [3.63, 3.8) is 0 Å². The standard InChI is InChI=1S/C22H21FN4O4/c1-22(2,3)31-18(28)10-27-20(17-11-30-12-24-17)26-16-9-8-15(25-19(16)21(27)29)13-4-6-14(23)7-5-13/h4-9,11-12,20,26H,10H2,1-3H3. The summed E-state index contributed by atoms with van der Waals surface area (Å²) in [7, 11) is 0. The van der Waals surface area contributed by atoms with Crippen molar-refractivity contribution in [2.75, 3.05) is 11.9 Å². The molecule has 160 valence electrons. The number of hydrogen-bond donors (Lipinski definition) is 1. The number of amides is 1. The number of fused-ring (bicyclic) bond motifs is 1. The second kappa shape index (κ2) is 7.82. The number of benzene rings is 1. The number of anilines is 1. The van der Waals surface area contributed by atoms with Gasteiger partial charge in [-0.25, -0.2) is 14.4 Å². The van der Waals surface area contributed by atoms with E-state index in [0.717, 1.165) is 0 Å². The number of nitrogens with zero attached hydrogens (tertiary/aromatic N) is 3. The number of carbonyl (C=O) groups is 2. The average molecular weight is 424 g/mol. The van der Waals surface area contributed by atoms with Crippen LogP contribution in [-0.4, -0.2) is 38.9 Å². The normalized spacial score (nSPS) is 15.9. The molecule has 1 unspecified atom stereocenters. The Kier molecular flexibility index (Phi) is 5.18. The first-order valence-corrected chi connectivity index (χ1v) is 9.66. The number of pyridine rings is 1. The van der Waals surface area contributed by atoms with Gasteiger partial charge in [0.25, 0.3) is 5.91 Å². The first-order valence-electron chi connectivity index (χ1n) is 9.66. The third-order valence-electron chi connectivity index (χ3n) is 4.55. The van der Waals surface area contributed by atoms with Gasteiger partial charge in [0.15, 0.2) is 12.1 Å². The second-order valence-electron chi connectivity index (χ2n) is 8.08. The minimum Gasteiger partial charge on any atom is -0.459 e. The lowest BCUT2D eigenvalue weighted by Crippen LogP contribution is -2.47. The van der Waals surface area contributed by atoms with Crippen molar-refractivity contribution in [3.8, 4) is 11.3 Å². The number of nitrogens with one attached hydrogen (secondary N) is 1. The molecule has 1 aromatic carbocycles. The highest BCUT2D eigenvalue weighted by Crippen LogP contribution is 2.33. The molecular formula is C22H21FN4O4. The fourth-order valence-electron chi connectivity index (χ4n) is 3.27. The zero-order valence-corrected chi connectivity index (χ0v) is 17.3. The van der Waals surface area contributed by atoms with Crippen molar-refractivity contribution in [1.29, 1.82) is 0 Å². The molecule has 0 aliphatic carbocycles. The maximum atomic E-state index is 13.4. The van der Waals surface area contributed by atoms with Gasteiger partial charge in [0.2, 0.25) is 0 Å². The van der Waals surface area contributed by atoms with Gasteiger partial charge in [-0.05, 0) is 57.2 Å². The molecule has 0 radical (unpaired) electrons.